The smallest absolute Gasteiger partial charge is 0.308 e. The van der Waals surface area contributed by atoms with Crippen molar-refractivity contribution in [2.75, 3.05) is 19.7 Å². The number of amides is 3. The van der Waals surface area contributed by atoms with Crippen LogP contribution in [-0.2, 0) is 30.3 Å². The minimum absolute atomic E-state index is 0.0332. The second-order valence-corrected chi connectivity index (χ2v) is 7.62. The molecule has 1 aliphatic heterocycles. The predicted molar refractivity (Wildman–Crippen MR) is 122 cm³/mol. The molecule has 3 amide bonds. The average molecular weight is 450 g/mol. The SMILES string of the molecule is CC(=O)N/C(=C\c1ccccc1)C(=O)N1CCNC(=O)C1CC(=O)OCCc1ccccc1. The molecule has 1 atom stereocenters. The first kappa shape index (κ1) is 23.7. The Morgan fingerprint density at radius 3 is 2.42 bits per heavy atom. The first-order valence-corrected chi connectivity index (χ1v) is 10.8. The lowest BCUT2D eigenvalue weighted by Crippen LogP contribution is -2.58. The molecule has 1 heterocycles. The molecule has 0 aromatic heterocycles. The summed E-state index contributed by atoms with van der Waals surface area (Å²) in [5.74, 6) is -1.95. The third-order valence-electron chi connectivity index (χ3n) is 5.10. The number of hydrogen-bond acceptors (Lipinski definition) is 5. The molecule has 0 bridgehead atoms. The van der Waals surface area contributed by atoms with E-state index in [-0.39, 0.29) is 31.8 Å². The molecule has 1 aliphatic rings. The van der Waals surface area contributed by atoms with Gasteiger partial charge in [-0.1, -0.05) is 60.7 Å². The van der Waals surface area contributed by atoms with Crippen LogP contribution < -0.4 is 10.6 Å². The summed E-state index contributed by atoms with van der Waals surface area (Å²) in [7, 11) is 0. The molecule has 3 rings (SSSR count). The van der Waals surface area contributed by atoms with Gasteiger partial charge < -0.3 is 20.3 Å². The first-order valence-electron chi connectivity index (χ1n) is 10.8. The highest BCUT2D eigenvalue weighted by Crippen LogP contribution is 2.15. The summed E-state index contributed by atoms with van der Waals surface area (Å²) in [6, 6.07) is 17.6. The molecule has 1 unspecified atom stereocenters. The molecule has 8 nitrogen and oxygen atoms in total. The van der Waals surface area contributed by atoms with Gasteiger partial charge in [0.05, 0.1) is 13.0 Å². The number of esters is 1. The number of carbonyl (C=O) groups excluding carboxylic acids is 4. The summed E-state index contributed by atoms with van der Waals surface area (Å²) in [4.78, 5) is 51.3. The van der Waals surface area contributed by atoms with Gasteiger partial charge in [0, 0.05) is 26.4 Å². The molecule has 2 aromatic carbocycles. The van der Waals surface area contributed by atoms with Crippen molar-refractivity contribution in [2.45, 2.75) is 25.8 Å². The van der Waals surface area contributed by atoms with E-state index in [9.17, 15) is 19.2 Å². The maximum atomic E-state index is 13.3. The third-order valence-corrected chi connectivity index (χ3v) is 5.10. The fraction of sp³-hybridized carbons (Fsp3) is 0.280. The van der Waals surface area contributed by atoms with Crippen LogP contribution in [0.4, 0.5) is 0 Å². The molecule has 1 saturated heterocycles. The molecule has 33 heavy (non-hydrogen) atoms. The first-order chi connectivity index (χ1) is 15.9. The van der Waals surface area contributed by atoms with E-state index in [2.05, 4.69) is 10.6 Å². The lowest BCUT2D eigenvalue weighted by Gasteiger charge is -2.35. The maximum Gasteiger partial charge on any atom is 0.308 e. The van der Waals surface area contributed by atoms with Gasteiger partial charge in [-0.25, -0.2) is 0 Å². The zero-order valence-corrected chi connectivity index (χ0v) is 18.5. The Hall–Kier alpha value is -3.94. The van der Waals surface area contributed by atoms with Crippen LogP contribution in [-0.4, -0.2) is 54.3 Å². The van der Waals surface area contributed by atoms with Gasteiger partial charge in [0.2, 0.25) is 11.8 Å². The molecule has 2 N–H and O–H groups in total. The Labute approximate surface area is 192 Å². The number of hydrogen-bond donors (Lipinski definition) is 2. The topological polar surface area (TPSA) is 105 Å². The van der Waals surface area contributed by atoms with E-state index < -0.39 is 29.7 Å². The molecule has 0 saturated carbocycles. The van der Waals surface area contributed by atoms with E-state index in [0.29, 0.717) is 12.0 Å². The number of rotatable bonds is 8. The van der Waals surface area contributed by atoms with Crippen molar-refractivity contribution >= 4 is 29.8 Å². The van der Waals surface area contributed by atoms with Gasteiger partial charge >= 0.3 is 5.97 Å². The largest absolute Gasteiger partial charge is 0.465 e. The second-order valence-electron chi connectivity index (χ2n) is 7.62. The fourth-order valence-corrected chi connectivity index (χ4v) is 3.52. The van der Waals surface area contributed by atoms with Crippen LogP contribution >= 0.6 is 0 Å². The number of nitrogens with one attached hydrogen (secondary N) is 2. The van der Waals surface area contributed by atoms with Gasteiger partial charge in [0.1, 0.15) is 11.7 Å². The van der Waals surface area contributed by atoms with E-state index in [1.54, 1.807) is 18.2 Å². The quantitative estimate of drug-likeness (QED) is 0.471. The molecule has 2 aromatic rings. The second kappa shape index (κ2) is 11.6. The zero-order chi connectivity index (χ0) is 23.6. The van der Waals surface area contributed by atoms with Gasteiger partial charge in [-0.05, 0) is 17.2 Å². The van der Waals surface area contributed by atoms with Crippen LogP contribution in [0.1, 0.15) is 24.5 Å². The standard InChI is InChI=1S/C25H27N3O5/c1-18(29)27-21(16-20-10-6-3-7-11-20)25(32)28-14-13-26-24(31)22(28)17-23(30)33-15-12-19-8-4-2-5-9-19/h2-11,16,22H,12-15,17H2,1H3,(H,26,31)(H,27,29)/b21-16-. The van der Waals surface area contributed by atoms with Crippen molar-refractivity contribution in [3.05, 3.63) is 77.5 Å². The molecule has 0 aliphatic carbocycles. The summed E-state index contributed by atoms with van der Waals surface area (Å²) in [6.07, 6.45) is 1.83. The highest BCUT2D eigenvalue weighted by atomic mass is 16.5. The van der Waals surface area contributed by atoms with E-state index in [0.717, 1.165) is 5.56 Å². The van der Waals surface area contributed by atoms with Gasteiger partial charge in [-0.2, -0.15) is 0 Å². The lowest BCUT2D eigenvalue weighted by molar-refractivity contribution is -0.151. The molecular formula is C25H27N3O5. The van der Waals surface area contributed by atoms with E-state index >= 15 is 0 Å². The Balaban J connectivity index is 1.70. The van der Waals surface area contributed by atoms with Crippen LogP contribution in [0, 0.1) is 0 Å². The van der Waals surface area contributed by atoms with Crippen molar-refractivity contribution in [1.82, 2.24) is 15.5 Å². The number of carbonyl (C=O) groups is 4. The van der Waals surface area contributed by atoms with Crippen molar-refractivity contribution < 1.29 is 23.9 Å². The van der Waals surface area contributed by atoms with Gasteiger partial charge in [-0.15, -0.1) is 0 Å². The average Bonchev–Trinajstić information content (AvgIpc) is 2.80. The number of ether oxygens (including phenoxy) is 1. The minimum Gasteiger partial charge on any atom is -0.465 e. The third kappa shape index (κ3) is 7.03. The summed E-state index contributed by atoms with van der Waals surface area (Å²) in [5, 5.41) is 5.24. The highest BCUT2D eigenvalue weighted by molar-refractivity contribution is 6.03. The van der Waals surface area contributed by atoms with E-state index in [1.807, 2.05) is 48.5 Å². The van der Waals surface area contributed by atoms with E-state index in [1.165, 1.54) is 11.8 Å². The summed E-state index contributed by atoms with van der Waals surface area (Å²) in [5.41, 5.74) is 1.78. The Morgan fingerprint density at radius 2 is 1.76 bits per heavy atom. The summed E-state index contributed by atoms with van der Waals surface area (Å²) < 4.78 is 5.30. The molecule has 0 radical (unpaired) electrons. The molecule has 0 spiro atoms. The van der Waals surface area contributed by atoms with Crippen LogP contribution in [0.3, 0.4) is 0 Å². The molecule has 8 heteroatoms. The fourth-order valence-electron chi connectivity index (χ4n) is 3.52. The lowest BCUT2D eigenvalue weighted by atomic mass is 10.1. The van der Waals surface area contributed by atoms with Crippen LogP contribution in [0.25, 0.3) is 6.08 Å². The van der Waals surface area contributed by atoms with Crippen molar-refractivity contribution in [3.8, 4) is 0 Å². The van der Waals surface area contributed by atoms with Gasteiger partial charge in [0.15, 0.2) is 0 Å². The number of benzene rings is 2. The summed E-state index contributed by atoms with van der Waals surface area (Å²) >= 11 is 0. The zero-order valence-electron chi connectivity index (χ0n) is 18.5. The molecule has 172 valence electrons. The van der Waals surface area contributed by atoms with Crippen LogP contribution in [0.15, 0.2) is 66.4 Å². The Bertz CT molecular complexity index is 1020. The van der Waals surface area contributed by atoms with Crippen LogP contribution in [0.2, 0.25) is 0 Å². The normalized spacial score (nSPS) is 16.0. The van der Waals surface area contributed by atoms with Crippen LogP contribution in [0.5, 0.6) is 0 Å². The number of piperazine rings is 1. The Kier molecular flexibility index (Phi) is 8.35. The highest BCUT2D eigenvalue weighted by Gasteiger charge is 2.36. The molecular weight excluding hydrogens is 422 g/mol. The van der Waals surface area contributed by atoms with Gasteiger partial charge in [0.25, 0.3) is 5.91 Å². The molecule has 1 fully saturated rings. The van der Waals surface area contributed by atoms with Gasteiger partial charge in [-0.3, -0.25) is 19.2 Å². The maximum absolute atomic E-state index is 13.3. The number of nitrogens with zero attached hydrogens (tertiary/aromatic N) is 1. The van der Waals surface area contributed by atoms with E-state index in [4.69, 9.17) is 4.74 Å². The predicted octanol–water partition coefficient (Wildman–Crippen LogP) is 1.67. The van der Waals surface area contributed by atoms with Crippen molar-refractivity contribution in [1.29, 1.82) is 0 Å². The monoisotopic (exact) mass is 449 g/mol. The minimum atomic E-state index is -1.02. The van der Waals surface area contributed by atoms with Crippen molar-refractivity contribution in [2.24, 2.45) is 0 Å². The van der Waals surface area contributed by atoms with Crippen molar-refractivity contribution in [3.63, 3.8) is 0 Å². The Morgan fingerprint density at radius 1 is 1.09 bits per heavy atom. The summed E-state index contributed by atoms with van der Waals surface area (Å²) in [6.45, 7) is 1.94.